The lowest BCUT2D eigenvalue weighted by Crippen LogP contribution is -2.14. The molecule has 0 heterocycles. The molecule has 19 heavy (non-hydrogen) atoms. The van der Waals surface area contributed by atoms with Gasteiger partial charge in [0.15, 0.2) is 0 Å². The number of benzene rings is 2. The summed E-state index contributed by atoms with van der Waals surface area (Å²) < 4.78 is 5.42. The van der Waals surface area contributed by atoms with E-state index >= 15 is 0 Å². The molecule has 2 aromatic carbocycles. The summed E-state index contributed by atoms with van der Waals surface area (Å²) in [6.07, 6.45) is 2.60. The maximum atomic E-state index is 5.42. The minimum atomic E-state index is -0.209. The zero-order valence-electron chi connectivity index (χ0n) is 11.5. The summed E-state index contributed by atoms with van der Waals surface area (Å²) in [7, 11) is 0.522. The molecule has 0 N–H and O–H groups in total. The van der Waals surface area contributed by atoms with Crippen LogP contribution in [0.4, 0.5) is 0 Å². The SMILES string of the molecule is [SiH3]O[SiH2]CCCP(c1ccccc1)c1ccccc1. The van der Waals surface area contributed by atoms with Gasteiger partial charge in [-0.25, -0.2) is 0 Å². The summed E-state index contributed by atoms with van der Waals surface area (Å²) in [5.74, 6) is 0. The summed E-state index contributed by atoms with van der Waals surface area (Å²) in [6, 6.07) is 23.3. The first-order valence-corrected chi connectivity index (χ1v) is 10.7. The second-order valence-corrected chi connectivity index (χ2v) is 10.3. The minimum absolute atomic E-state index is 0.189. The van der Waals surface area contributed by atoms with Crippen molar-refractivity contribution in [2.75, 3.05) is 6.16 Å². The molecule has 0 bridgehead atoms. The van der Waals surface area contributed by atoms with Crippen LogP contribution >= 0.6 is 7.92 Å². The molecule has 0 unspecified atom stereocenters. The van der Waals surface area contributed by atoms with Crippen LogP contribution in [0.25, 0.3) is 0 Å². The van der Waals surface area contributed by atoms with Gasteiger partial charge in [0.05, 0.1) is 0 Å². The molecule has 0 aliphatic heterocycles. The standard InChI is InChI=1S/C15H21OPSi2/c18-16-19-13-7-12-17(14-8-3-1-4-9-14)15-10-5-2-6-11-15/h1-6,8-11H,7,12-13,19H2,18H3. The van der Waals surface area contributed by atoms with Gasteiger partial charge in [-0.15, -0.1) is 0 Å². The van der Waals surface area contributed by atoms with Gasteiger partial charge in [0.25, 0.3) is 0 Å². The minimum Gasteiger partial charge on any atom is -0.468 e. The van der Waals surface area contributed by atoms with Crippen LogP contribution in [0.5, 0.6) is 0 Å². The topological polar surface area (TPSA) is 9.23 Å². The molecule has 1 nitrogen and oxygen atoms in total. The number of hydrogen-bond acceptors (Lipinski definition) is 1. The summed E-state index contributed by atoms with van der Waals surface area (Å²) in [5, 5.41) is 2.99. The van der Waals surface area contributed by atoms with E-state index in [9.17, 15) is 0 Å². The Morgan fingerprint density at radius 2 is 1.42 bits per heavy atom. The van der Waals surface area contributed by atoms with Crippen molar-refractivity contribution < 1.29 is 4.12 Å². The molecule has 100 valence electrons. The highest BCUT2D eigenvalue weighted by molar-refractivity contribution is 7.73. The van der Waals surface area contributed by atoms with Crippen molar-refractivity contribution in [3.63, 3.8) is 0 Å². The van der Waals surface area contributed by atoms with Gasteiger partial charge in [0, 0.05) is 0 Å². The predicted octanol–water partition coefficient (Wildman–Crippen LogP) is 1.31. The maximum Gasteiger partial charge on any atom is 0.145 e. The monoisotopic (exact) mass is 304 g/mol. The van der Waals surface area contributed by atoms with Crippen molar-refractivity contribution in [3.05, 3.63) is 60.7 Å². The Kier molecular flexibility index (Phi) is 6.51. The molecule has 0 saturated heterocycles. The van der Waals surface area contributed by atoms with Crippen LogP contribution in [0.2, 0.25) is 6.04 Å². The molecule has 0 aliphatic carbocycles. The summed E-state index contributed by atoms with van der Waals surface area (Å²) in [5.41, 5.74) is 0. The Bertz CT molecular complexity index is 425. The molecular weight excluding hydrogens is 283 g/mol. The van der Waals surface area contributed by atoms with Crippen molar-refractivity contribution in [1.29, 1.82) is 0 Å². The van der Waals surface area contributed by atoms with Crippen molar-refractivity contribution in [1.82, 2.24) is 0 Å². The third-order valence-corrected chi connectivity index (χ3v) is 8.14. The van der Waals surface area contributed by atoms with E-state index in [0.29, 0.717) is 0 Å². The first kappa shape index (κ1) is 14.7. The quantitative estimate of drug-likeness (QED) is 0.426. The summed E-state index contributed by atoms with van der Waals surface area (Å²) in [4.78, 5) is 0. The van der Waals surface area contributed by atoms with Gasteiger partial charge in [-0.3, -0.25) is 0 Å². The first-order valence-electron chi connectivity index (χ1n) is 6.78. The average Bonchev–Trinajstić information content (AvgIpc) is 2.49. The number of hydrogen-bond donors (Lipinski definition) is 0. The van der Waals surface area contributed by atoms with Crippen LogP contribution < -0.4 is 10.6 Å². The summed E-state index contributed by atoms with van der Waals surface area (Å²) >= 11 is 0. The highest BCUT2D eigenvalue weighted by Crippen LogP contribution is 2.34. The van der Waals surface area contributed by atoms with E-state index in [1.54, 1.807) is 0 Å². The van der Waals surface area contributed by atoms with E-state index in [4.69, 9.17) is 4.12 Å². The Balaban J connectivity index is 2.10. The van der Waals surface area contributed by atoms with Crippen LogP contribution in [-0.4, -0.2) is 26.4 Å². The molecule has 0 spiro atoms. The van der Waals surface area contributed by atoms with Crippen LogP contribution in [0.1, 0.15) is 6.42 Å². The number of rotatable bonds is 7. The molecule has 0 amide bonds. The Hall–Kier alpha value is -0.736. The molecule has 2 aromatic rings. The van der Waals surface area contributed by atoms with Crippen molar-refractivity contribution in [3.8, 4) is 0 Å². The fourth-order valence-electron chi connectivity index (χ4n) is 2.14. The van der Waals surface area contributed by atoms with Crippen molar-refractivity contribution in [2.45, 2.75) is 12.5 Å². The Morgan fingerprint density at radius 1 is 0.895 bits per heavy atom. The highest BCUT2D eigenvalue weighted by atomic mass is 31.1. The Morgan fingerprint density at radius 3 is 1.89 bits per heavy atom. The average molecular weight is 304 g/mol. The largest absolute Gasteiger partial charge is 0.468 e. The van der Waals surface area contributed by atoms with Gasteiger partial charge >= 0.3 is 0 Å². The zero-order valence-corrected chi connectivity index (χ0v) is 15.8. The van der Waals surface area contributed by atoms with Crippen molar-refractivity contribution >= 4 is 38.8 Å². The fraction of sp³-hybridized carbons (Fsp3) is 0.200. The second-order valence-electron chi connectivity index (χ2n) is 4.52. The lowest BCUT2D eigenvalue weighted by Gasteiger charge is -2.18. The van der Waals surface area contributed by atoms with Crippen LogP contribution in [-0.2, 0) is 4.12 Å². The molecule has 0 atom stereocenters. The highest BCUT2D eigenvalue weighted by Gasteiger charge is 2.12. The molecule has 0 fully saturated rings. The smallest absolute Gasteiger partial charge is 0.145 e. The van der Waals surface area contributed by atoms with Gasteiger partial charge in [-0.1, -0.05) is 60.7 Å². The fourth-order valence-corrected chi connectivity index (χ4v) is 6.59. The van der Waals surface area contributed by atoms with Gasteiger partial charge in [-0.2, -0.15) is 0 Å². The maximum absolute atomic E-state index is 5.42. The van der Waals surface area contributed by atoms with Crippen molar-refractivity contribution in [2.24, 2.45) is 0 Å². The van der Waals surface area contributed by atoms with E-state index in [2.05, 4.69) is 60.7 Å². The molecule has 4 heteroatoms. The van der Waals surface area contributed by atoms with E-state index in [0.717, 1.165) is 10.5 Å². The normalized spacial score (nSPS) is 11.6. The molecule has 0 aliphatic rings. The van der Waals surface area contributed by atoms with Crippen LogP contribution in [0, 0.1) is 0 Å². The molecule has 0 radical (unpaired) electrons. The van der Waals surface area contributed by atoms with Crippen LogP contribution in [0.15, 0.2) is 60.7 Å². The first-order chi connectivity index (χ1) is 9.42. The molecule has 2 rings (SSSR count). The lowest BCUT2D eigenvalue weighted by atomic mass is 10.4. The van der Waals surface area contributed by atoms with Gasteiger partial charge in [-0.05, 0) is 37.2 Å². The van der Waals surface area contributed by atoms with Gasteiger partial charge < -0.3 is 4.12 Å². The summed E-state index contributed by atoms with van der Waals surface area (Å²) in [6.45, 7) is 0. The third kappa shape index (κ3) is 4.70. The second kappa shape index (κ2) is 8.44. The van der Waals surface area contributed by atoms with E-state index in [1.165, 1.54) is 29.2 Å². The Labute approximate surface area is 122 Å². The third-order valence-electron chi connectivity index (χ3n) is 3.12. The predicted molar refractivity (Wildman–Crippen MR) is 92.9 cm³/mol. The molecule has 0 aromatic heterocycles. The van der Waals surface area contributed by atoms with Gasteiger partial charge in [0.1, 0.15) is 20.2 Å². The molecule has 0 saturated carbocycles. The lowest BCUT2D eigenvalue weighted by molar-refractivity contribution is 0.657. The molecular formula is C15H21OPSi2. The zero-order chi connectivity index (χ0) is 13.3. The van der Waals surface area contributed by atoms with E-state index in [1.807, 2.05) is 0 Å². The van der Waals surface area contributed by atoms with E-state index < -0.39 is 0 Å². The van der Waals surface area contributed by atoms with E-state index in [-0.39, 0.29) is 17.7 Å². The van der Waals surface area contributed by atoms with Gasteiger partial charge in [0.2, 0.25) is 0 Å². The van der Waals surface area contributed by atoms with Crippen LogP contribution in [0.3, 0.4) is 0 Å².